The summed E-state index contributed by atoms with van der Waals surface area (Å²) in [6.45, 7) is 2.84. The molecule has 21 heavy (non-hydrogen) atoms. The van der Waals surface area contributed by atoms with Gasteiger partial charge in [0.2, 0.25) is 5.91 Å². The van der Waals surface area contributed by atoms with Gasteiger partial charge in [0.15, 0.2) is 0 Å². The number of nitro benzene ring substituents is 1. The molecule has 1 amide bonds. The summed E-state index contributed by atoms with van der Waals surface area (Å²) in [6.07, 6.45) is 2.67. The summed E-state index contributed by atoms with van der Waals surface area (Å²) in [5.41, 5.74) is 0.890. The van der Waals surface area contributed by atoms with E-state index >= 15 is 0 Å². The molecule has 0 atom stereocenters. The van der Waals surface area contributed by atoms with Crippen LogP contribution in [0.5, 0.6) is 0 Å². The van der Waals surface area contributed by atoms with E-state index < -0.39 is 4.92 Å². The molecule has 0 unspecified atom stereocenters. The Balaban J connectivity index is 1.77. The van der Waals surface area contributed by atoms with Gasteiger partial charge in [0.25, 0.3) is 5.69 Å². The van der Waals surface area contributed by atoms with Crippen molar-refractivity contribution < 1.29 is 9.72 Å². The number of nitrogens with zero attached hydrogens (tertiary/aromatic N) is 2. The van der Waals surface area contributed by atoms with Crippen molar-refractivity contribution in [2.75, 3.05) is 19.6 Å². The zero-order chi connectivity index (χ0) is 15.2. The highest BCUT2D eigenvalue weighted by atomic mass is 79.9. The topological polar surface area (TPSA) is 75.5 Å². The van der Waals surface area contributed by atoms with Gasteiger partial charge in [-0.3, -0.25) is 14.9 Å². The average molecular weight is 356 g/mol. The van der Waals surface area contributed by atoms with Crippen LogP contribution < -0.4 is 5.32 Å². The first-order valence-electron chi connectivity index (χ1n) is 6.99. The third kappa shape index (κ3) is 4.50. The van der Waals surface area contributed by atoms with Crippen molar-refractivity contribution in [2.45, 2.75) is 25.8 Å². The number of rotatable bonds is 6. The molecule has 0 radical (unpaired) electrons. The first kappa shape index (κ1) is 15.9. The molecule has 1 aromatic rings. The Hall–Kier alpha value is -1.47. The van der Waals surface area contributed by atoms with Crippen LogP contribution in [-0.4, -0.2) is 35.4 Å². The maximum absolute atomic E-state index is 11.8. The van der Waals surface area contributed by atoms with Crippen LogP contribution in [-0.2, 0) is 11.3 Å². The van der Waals surface area contributed by atoms with Gasteiger partial charge < -0.3 is 10.2 Å². The Bertz CT molecular complexity index is 530. The van der Waals surface area contributed by atoms with Crippen LogP contribution >= 0.6 is 15.9 Å². The molecule has 2 rings (SSSR count). The number of likely N-dealkylation sites (tertiary alicyclic amines) is 1. The van der Waals surface area contributed by atoms with Crippen LogP contribution in [0.3, 0.4) is 0 Å². The molecule has 114 valence electrons. The smallest absolute Gasteiger partial charge is 0.283 e. The van der Waals surface area contributed by atoms with Crippen molar-refractivity contribution in [3.05, 3.63) is 38.3 Å². The van der Waals surface area contributed by atoms with Gasteiger partial charge in [-0.15, -0.1) is 0 Å². The van der Waals surface area contributed by atoms with Gasteiger partial charge in [0, 0.05) is 38.7 Å². The summed E-state index contributed by atoms with van der Waals surface area (Å²) in [5, 5.41) is 14.0. The first-order chi connectivity index (χ1) is 10.1. The molecule has 0 aromatic heterocycles. The molecule has 1 aliphatic heterocycles. The van der Waals surface area contributed by atoms with Crippen LogP contribution in [0, 0.1) is 10.1 Å². The van der Waals surface area contributed by atoms with E-state index in [2.05, 4.69) is 21.2 Å². The number of nitrogens with one attached hydrogen (secondary N) is 1. The van der Waals surface area contributed by atoms with E-state index in [-0.39, 0.29) is 11.6 Å². The SMILES string of the molecule is O=C(CCNCc1ccc(Br)c([N+](=O)[O-])c1)N1CCCC1. The van der Waals surface area contributed by atoms with Gasteiger partial charge in [-0.1, -0.05) is 6.07 Å². The van der Waals surface area contributed by atoms with Crippen molar-refractivity contribution in [3.63, 3.8) is 0 Å². The van der Waals surface area contributed by atoms with Crippen molar-refractivity contribution in [1.82, 2.24) is 10.2 Å². The number of benzene rings is 1. The van der Waals surface area contributed by atoms with Gasteiger partial charge in [0.1, 0.15) is 0 Å². The second-order valence-corrected chi connectivity index (χ2v) is 5.91. The molecule has 0 saturated carbocycles. The highest BCUT2D eigenvalue weighted by Crippen LogP contribution is 2.25. The van der Waals surface area contributed by atoms with Gasteiger partial charge in [0.05, 0.1) is 9.40 Å². The second-order valence-electron chi connectivity index (χ2n) is 5.06. The molecule has 6 nitrogen and oxygen atoms in total. The lowest BCUT2D eigenvalue weighted by molar-refractivity contribution is -0.385. The van der Waals surface area contributed by atoms with Crippen molar-refractivity contribution in [1.29, 1.82) is 0 Å². The second kappa shape index (κ2) is 7.51. The molecule has 1 aromatic carbocycles. The number of hydrogen-bond donors (Lipinski definition) is 1. The minimum absolute atomic E-state index is 0.0578. The van der Waals surface area contributed by atoms with E-state index in [0.717, 1.165) is 31.5 Å². The highest BCUT2D eigenvalue weighted by Gasteiger charge is 2.17. The van der Waals surface area contributed by atoms with Crippen LogP contribution in [0.4, 0.5) is 5.69 Å². The minimum atomic E-state index is -0.412. The van der Waals surface area contributed by atoms with Crippen LogP contribution in [0.15, 0.2) is 22.7 Å². The monoisotopic (exact) mass is 355 g/mol. The zero-order valence-electron chi connectivity index (χ0n) is 11.7. The van der Waals surface area contributed by atoms with E-state index in [9.17, 15) is 14.9 Å². The van der Waals surface area contributed by atoms with Crippen LogP contribution in [0.25, 0.3) is 0 Å². The minimum Gasteiger partial charge on any atom is -0.343 e. The number of nitro groups is 1. The predicted molar refractivity (Wildman–Crippen MR) is 82.9 cm³/mol. The lowest BCUT2D eigenvalue weighted by Crippen LogP contribution is -2.30. The number of carbonyl (C=O) groups excluding carboxylic acids is 1. The summed E-state index contributed by atoms with van der Waals surface area (Å²) in [4.78, 5) is 24.2. The molecule has 0 bridgehead atoms. The molecule has 7 heteroatoms. The first-order valence-corrected chi connectivity index (χ1v) is 7.78. The molecule has 1 saturated heterocycles. The number of hydrogen-bond acceptors (Lipinski definition) is 4. The summed E-state index contributed by atoms with van der Waals surface area (Å²) >= 11 is 3.16. The highest BCUT2D eigenvalue weighted by molar-refractivity contribution is 9.10. The zero-order valence-corrected chi connectivity index (χ0v) is 13.3. The fourth-order valence-electron chi connectivity index (χ4n) is 2.36. The van der Waals surface area contributed by atoms with E-state index in [1.165, 1.54) is 0 Å². The predicted octanol–water partition coefficient (Wildman–Crippen LogP) is 2.46. The molecule has 0 aliphatic carbocycles. The Labute approximate surface area is 131 Å². The Kier molecular flexibility index (Phi) is 5.69. The number of halogens is 1. The van der Waals surface area contributed by atoms with Crippen molar-refractivity contribution in [2.24, 2.45) is 0 Å². The quantitative estimate of drug-likeness (QED) is 0.483. The van der Waals surface area contributed by atoms with Crippen LogP contribution in [0.1, 0.15) is 24.8 Å². The molecular weight excluding hydrogens is 338 g/mol. The van der Waals surface area contributed by atoms with E-state index in [1.807, 2.05) is 11.0 Å². The Morgan fingerprint density at radius 3 is 2.76 bits per heavy atom. The molecular formula is C14H18BrN3O3. The van der Waals surface area contributed by atoms with Gasteiger partial charge in [-0.05, 0) is 40.4 Å². The maximum atomic E-state index is 11.8. The van der Waals surface area contributed by atoms with Crippen molar-refractivity contribution in [3.8, 4) is 0 Å². The Morgan fingerprint density at radius 1 is 1.38 bits per heavy atom. The average Bonchev–Trinajstić information content (AvgIpc) is 2.99. The summed E-state index contributed by atoms with van der Waals surface area (Å²) in [7, 11) is 0. The largest absolute Gasteiger partial charge is 0.343 e. The molecule has 1 heterocycles. The van der Waals surface area contributed by atoms with E-state index in [4.69, 9.17) is 0 Å². The summed E-state index contributed by atoms with van der Waals surface area (Å²) in [6, 6.07) is 5.04. The fraction of sp³-hybridized carbons (Fsp3) is 0.500. The normalized spacial score (nSPS) is 14.4. The van der Waals surface area contributed by atoms with Crippen molar-refractivity contribution >= 4 is 27.5 Å². The number of carbonyl (C=O) groups is 1. The molecule has 1 N–H and O–H groups in total. The summed E-state index contributed by atoms with van der Waals surface area (Å²) < 4.78 is 0.473. The lowest BCUT2D eigenvalue weighted by Gasteiger charge is -2.15. The van der Waals surface area contributed by atoms with E-state index in [1.54, 1.807) is 12.1 Å². The lowest BCUT2D eigenvalue weighted by atomic mass is 10.2. The molecule has 1 aliphatic rings. The van der Waals surface area contributed by atoms with Gasteiger partial charge in [-0.2, -0.15) is 0 Å². The summed E-state index contributed by atoms with van der Waals surface area (Å²) in [5.74, 6) is 0.182. The Morgan fingerprint density at radius 2 is 2.10 bits per heavy atom. The molecule has 0 spiro atoms. The number of amides is 1. The maximum Gasteiger partial charge on any atom is 0.283 e. The van der Waals surface area contributed by atoms with E-state index in [0.29, 0.717) is 24.0 Å². The van der Waals surface area contributed by atoms with Gasteiger partial charge >= 0.3 is 0 Å². The van der Waals surface area contributed by atoms with Gasteiger partial charge in [-0.25, -0.2) is 0 Å². The van der Waals surface area contributed by atoms with Crippen LogP contribution in [0.2, 0.25) is 0 Å². The fourth-order valence-corrected chi connectivity index (χ4v) is 2.75. The standard InChI is InChI=1S/C14H18BrN3O3/c15-12-4-3-11(9-13(12)18(20)21)10-16-6-5-14(19)17-7-1-2-8-17/h3-4,9,16H,1-2,5-8,10H2. The third-order valence-corrected chi connectivity index (χ3v) is 4.18. The molecule has 1 fully saturated rings. The third-order valence-electron chi connectivity index (χ3n) is 3.51.